The molecular formula is C18H17N3O5. The van der Waals surface area contributed by atoms with Gasteiger partial charge < -0.3 is 19.7 Å². The molecule has 2 N–H and O–H groups in total. The van der Waals surface area contributed by atoms with Gasteiger partial charge in [0.15, 0.2) is 0 Å². The lowest BCUT2D eigenvalue weighted by molar-refractivity contribution is -0.383. The standard InChI is InChI=1S/C18H17N3O5/c1-3-20-16(18(22)23)10-13-14(7-8-15(17(13)20)21(24)25)19-11-5-4-6-12(9-11)26-2/h4-10,19H,3H2,1-2H3,(H,22,23). The maximum atomic E-state index is 11.6. The first-order valence-electron chi connectivity index (χ1n) is 7.91. The van der Waals surface area contributed by atoms with Crippen LogP contribution in [0, 0.1) is 10.1 Å². The minimum absolute atomic E-state index is 0.00509. The lowest BCUT2D eigenvalue weighted by Crippen LogP contribution is -2.07. The van der Waals surface area contributed by atoms with E-state index in [1.165, 1.54) is 16.7 Å². The molecule has 0 aliphatic carbocycles. The summed E-state index contributed by atoms with van der Waals surface area (Å²) in [7, 11) is 1.56. The molecule has 2 aromatic carbocycles. The number of fused-ring (bicyclic) bond motifs is 1. The average Bonchev–Trinajstić information content (AvgIpc) is 3.02. The third-order valence-corrected chi connectivity index (χ3v) is 4.12. The van der Waals surface area contributed by atoms with Gasteiger partial charge in [-0.25, -0.2) is 4.79 Å². The van der Waals surface area contributed by atoms with Gasteiger partial charge in [0.1, 0.15) is 17.0 Å². The van der Waals surface area contributed by atoms with E-state index in [0.29, 0.717) is 23.4 Å². The molecule has 3 aromatic rings. The highest BCUT2D eigenvalue weighted by molar-refractivity contribution is 6.04. The van der Waals surface area contributed by atoms with Gasteiger partial charge in [-0.2, -0.15) is 0 Å². The van der Waals surface area contributed by atoms with Crippen molar-refractivity contribution in [3.8, 4) is 5.75 Å². The molecule has 0 radical (unpaired) electrons. The quantitative estimate of drug-likeness (QED) is 0.511. The highest BCUT2D eigenvalue weighted by Crippen LogP contribution is 2.36. The second-order valence-electron chi connectivity index (χ2n) is 5.59. The number of nitrogens with one attached hydrogen (secondary N) is 1. The summed E-state index contributed by atoms with van der Waals surface area (Å²) >= 11 is 0. The Kier molecular flexibility index (Phi) is 4.49. The molecule has 134 valence electrons. The lowest BCUT2D eigenvalue weighted by Gasteiger charge is -2.10. The Bertz CT molecular complexity index is 1010. The van der Waals surface area contributed by atoms with Crippen LogP contribution in [0.4, 0.5) is 17.1 Å². The van der Waals surface area contributed by atoms with Crippen LogP contribution in [0.1, 0.15) is 17.4 Å². The lowest BCUT2D eigenvalue weighted by atomic mass is 10.1. The molecule has 1 heterocycles. The van der Waals surface area contributed by atoms with Crippen molar-refractivity contribution in [3.63, 3.8) is 0 Å². The van der Waals surface area contributed by atoms with E-state index in [1.807, 2.05) is 12.1 Å². The molecule has 0 fully saturated rings. The van der Waals surface area contributed by atoms with E-state index in [9.17, 15) is 20.0 Å². The molecule has 0 saturated heterocycles. The number of aromatic nitrogens is 1. The third-order valence-electron chi connectivity index (χ3n) is 4.12. The number of carboxylic acid groups (broad SMARTS) is 1. The van der Waals surface area contributed by atoms with Crippen molar-refractivity contribution in [2.24, 2.45) is 0 Å². The van der Waals surface area contributed by atoms with Gasteiger partial charge in [0.25, 0.3) is 5.69 Å². The van der Waals surface area contributed by atoms with E-state index in [0.717, 1.165) is 5.69 Å². The molecule has 0 amide bonds. The Morgan fingerprint density at radius 2 is 2.08 bits per heavy atom. The number of benzene rings is 2. The molecule has 3 rings (SSSR count). The Balaban J connectivity index is 2.22. The topological polar surface area (TPSA) is 107 Å². The zero-order valence-corrected chi connectivity index (χ0v) is 14.2. The van der Waals surface area contributed by atoms with Crippen LogP contribution < -0.4 is 10.1 Å². The van der Waals surface area contributed by atoms with Crippen molar-refractivity contribution in [1.82, 2.24) is 4.57 Å². The normalized spacial score (nSPS) is 10.7. The van der Waals surface area contributed by atoms with E-state index < -0.39 is 10.9 Å². The number of aryl methyl sites for hydroxylation is 1. The Morgan fingerprint density at radius 3 is 2.69 bits per heavy atom. The van der Waals surface area contributed by atoms with E-state index >= 15 is 0 Å². The first-order chi connectivity index (χ1) is 12.5. The molecule has 0 atom stereocenters. The fourth-order valence-electron chi connectivity index (χ4n) is 2.98. The maximum Gasteiger partial charge on any atom is 0.352 e. The number of nitro benzene ring substituents is 1. The second kappa shape index (κ2) is 6.75. The van der Waals surface area contributed by atoms with Gasteiger partial charge in [-0.05, 0) is 31.2 Å². The number of hydrogen-bond acceptors (Lipinski definition) is 5. The number of aromatic carboxylic acids is 1. The van der Waals surface area contributed by atoms with Crippen LogP contribution in [0.5, 0.6) is 5.75 Å². The van der Waals surface area contributed by atoms with Crippen LogP contribution in [0.15, 0.2) is 42.5 Å². The van der Waals surface area contributed by atoms with Gasteiger partial charge in [-0.1, -0.05) is 6.07 Å². The number of nitro groups is 1. The zero-order chi connectivity index (χ0) is 18.8. The molecule has 1 aromatic heterocycles. The summed E-state index contributed by atoms with van der Waals surface area (Å²) in [5.74, 6) is -0.477. The molecule has 0 spiro atoms. The average molecular weight is 355 g/mol. The summed E-state index contributed by atoms with van der Waals surface area (Å²) in [6, 6.07) is 11.6. The molecule has 8 heteroatoms. The van der Waals surface area contributed by atoms with Crippen molar-refractivity contribution >= 4 is 33.9 Å². The predicted octanol–water partition coefficient (Wildman–Crippen LogP) is 4.02. The zero-order valence-electron chi connectivity index (χ0n) is 14.2. The summed E-state index contributed by atoms with van der Waals surface area (Å²) in [4.78, 5) is 22.5. The number of hydrogen-bond donors (Lipinski definition) is 2. The minimum Gasteiger partial charge on any atom is -0.497 e. The molecule has 0 bridgehead atoms. The van der Waals surface area contributed by atoms with Gasteiger partial charge in [0.2, 0.25) is 0 Å². The molecule has 0 aliphatic rings. The fourth-order valence-corrected chi connectivity index (χ4v) is 2.98. The summed E-state index contributed by atoms with van der Waals surface area (Å²) in [5.41, 5.74) is 1.45. The number of rotatable bonds is 6. The Hall–Kier alpha value is -3.55. The molecule has 0 aliphatic heterocycles. The summed E-state index contributed by atoms with van der Waals surface area (Å²) in [6.45, 7) is 2.05. The Morgan fingerprint density at radius 1 is 1.31 bits per heavy atom. The molecule has 0 saturated carbocycles. The van der Waals surface area contributed by atoms with Crippen molar-refractivity contribution in [2.45, 2.75) is 13.5 Å². The van der Waals surface area contributed by atoms with Gasteiger partial charge in [0, 0.05) is 35.4 Å². The van der Waals surface area contributed by atoms with Crippen LogP contribution in [-0.2, 0) is 6.54 Å². The van der Waals surface area contributed by atoms with E-state index in [4.69, 9.17) is 4.74 Å². The van der Waals surface area contributed by atoms with Crippen LogP contribution >= 0.6 is 0 Å². The van der Waals surface area contributed by atoms with Crippen LogP contribution in [0.3, 0.4) is 0 Å². The third kappa shape index (κ3) is 2.92. The Labute approximate surface area is 148 Å². The first kappa shape index (κ1) is 17.3. The van der Waals surface area contributed by atoms with Crippen molar-refractivity contribution in [2.75, 3.05) is 12.4 Å². The van der Waals surface area contributed by atoms with Gasteiger partial charge >= 0.3 is 5.97 Å². The van der Waals surface area contributed by atoms with E-state index in [1.54, 1.807) is 32.2 Å². The van der Waals surface area contributed by atoms with Crippen LogP contribution in [0.25, 0.3) is 10.9 Å². The summed E-state index contributed by atoms with van der Waals surface area (Å²) < 4.78 is 6.63. The largest absolute Gasteiger partial charge is 0.497 e. The molecular weight excluding hydrogens is 338 g/mol. The SMILES string of the molecule is CCn1c(C(=O)O)cc2c(Nc3cccc(OC)c3)ccc([N+](=O)[O-])c21. The molecule has 0 unspecified atom stereocenters. The monoisotopic (exact) mass is 355 g/mol. The number of carboxylic acids is 1. The van der Waals surface area contributed by atoms with Gasteiger partial charge in [-0.3, -0.25) is 10.1 Å². The van der Waals surface area contributed by atoms with E-state index in [2.05, 4.69) is 5.32 Å². The number of ether oxygens (including phenoxy) is 1. The highest BCUT2D eigenvalue weighted by Gasteiger charge is 2.23. The smallest absolute Gasteiger partial charge is 0.352 e. The summed E-state index contributed by atoms with van der Waals surface area (Å²) in [5, 5.41) is 24.5. The number of non-ortho nitro benzene ring substituents is 1. The highest BCUT2D eigenvalue weighted by atomic mass is 16.6. The van der Waals surface area contributed by atoms with Gasteiger partial charge in [-0.15, -0.1) is 0 Å². The number of carbonyl (C=O) groups is 1. The summed E-state index contributed by atoms with van der Waals surface area (Å²) in [6.07, 6.45) is 0. The maximum absolute atomic E-state index is 11.6. The number of anilines is 2. The van der Waals surface area contributed by atoms with Crippen LogP contribution in [-0.4, -0.2) is 27.7 Å². The molecule has 8 nitrogen and oxygen atoms in total. The fraction of sp³-hybridized carbons (Fsp3) is 0.167. The van der Waals surface area contributed by atoms with Crippen molar-refractivity contribution < 1.29 is 19.6 Å². The first-order valence-corrected chi connectivity index (χ1v) is 7.91. The van der Waals surface area contributed by atoms with Crippen LogP contribution in [0.2, 0.25) is 0 Å². The molecule has 26 heavy (non-hydrogen) atoms. The van der Waals surface area contributed by atoms with E-state index in [-0.39, 0.29) is 16.9 Å². The number of methoxy groups -OCH3 is 1. The second-order valence-corrected chi connectivity index (χ2v) is 5.59. The number of nitrogens with zero attached hydrogens (tertiary/aromatic N) is 2. The van der Waals surface area contributed by atoms with Gasteiger partial charge in [0.05, 0.1) is 12.0 Å². The minimum atomic E-state index is -1.13. The van der Waals surface area contributed by atoms with Crippen molar-refractivity contribution in [1.29, 1.82) is 0 Å². The van der Waals surface area contributed by atoms with Crippen molar-refractivity contribution in [3.05, 3.63) is 58.3 Å². The predicted molar refractivity (Wildman–Crippen MR) is 97.5 cm³/mol.